The molecule has 0 amide bonds. The largest absolute Gasteiger partial charge is 0.357 e. The molecule has 1 N–H and O–H groups in total. The topological polar surface area (TPSA) is 81.0 Å². The summed E-state index contributed by atoms with van der Waals surface area (Å²) >= 11 is 1.33. The molecular weight excluding hydrogens is 276 g/mol. The molecule has 0 aliphatic heterocycles. The van der Waals surface area contributed by atoms with Gasteiger partial charge in [-0.15, -0.1) is 0 Å². The smallest absolute Gasteiger partial charge is 0.319 e. The number of hydrogen-bond acceptors (Lipinski definition) is 6. The lowest BCUT2D eigenvalue weighted by atomic mass is 10.2. The minimum atomic E-state index is -0.460. The van der Waals surface area contributed by atoms with E-state index in [1.807, 2.05) is 25.1 Å². The van der Waals surface area contributed by atoms with Crippen molar-refractivity contribution in [3.05, 3.63) is 51.7 Å². The molecule has 0 atom stereocenters. The molecule has 0 spiro atoms. The quantitative estimate of drug-likeness (QED) is 0.394. The van der Waals surface area contributed by atoms with Crippen molar-refractivity contribution in [2.75, 3.05) is 12.4 Å². The molecule has 0 aliphatic rings. The molecule has 0 radical (unpaired) electrons. The highest BCUT2D eigenvalue weighted by atomic mass is 32.2. The van der Waals surface area contributed by atoms with Crippen LogP contribution in [0.1, 0.15) is 11.1 Å². The van der Waals surface area contributed by atoms with E-state index in [1.165, 1.54) is 18.0 Å². The number of hydrogen-bond donors (Lipinski definition) is 1. The van der Waals surface area contributed by atoms with Gasteiger partial charge in [0.1, 0.15) is 6.20 Å². The molecule has 0 unspecified atom stereocenters. The van der Waals surface area contributed by atoms with Crippen LogP contribution in [0.2, 0.25) is 0 Å². The van der Waals surface area contributed by atoms with Crippen LogP contribution in [-0.2, 0) is 5.75 Å². The predicted molar refractivity (Wildman–Crippen MR) is 79.0 cm³/mol. The van der Waals surface area contributed by atoms with Gasteiger partial charge in [-0.05, 0) is 12.5 Å². The Morgan fingerprint density at radius 3 is 2.90 bits per heavy atom. The Kier molecular flexibility index (Phi) is 4.52. The van der Waals surface area contributed by atoms with Gasteiger partial charge in [0.15, 0.2) is 5.03 Å². The summed E-state index contributed by atoms with van der Waals surface area (Å²) in [7, 11) is 1.68. The predicted octanol–water partition coefficient (Wildman–Crippen LogP) is 3.03. The van der Waals surface area contributed by atoms with Crippen molar-refractivity contribution in [1.82, 2.24) is 9.97 Å². The Labute approximate surface area is 120 Å². The molecule has 6 nitrogen and oxygen atoms in total. The second kappa shape index (κ2) is 6.33. The van der Waals surface area contributed by atoms with Gasteiger partial charge in [-0.3, -0.25) is 10.1 Å². The number of thioether (sulfide) groups is 1. The minimum absolute atomic E-state index is 0.0679. The summed E-state index contributed by atoms with van der Waals surface area (Å²) in [4.78, 5) is 18.5. The standard InChI is InChI=1S/C13H14N4O2S/c1-9-4-3-5-10(6-9)8-20-12-11(17(18)19)7-15-13(14-2)16-12/h3-7H,8H2,1-2H3,(H,14,15,16). The van der Waals surface area contributed by atoms with Gasteiger partial charge in [0.2, 0.25) is 5.95 Å². The maximum Gasteiger partial charge on any atom is 0.319 e. The van der Waals surface area contributed by atoms with E-state index in [0.717, 1.165) is 11.1 Å². The molecule has 1 aromatic carbocycles. The van der Waals surface area contributed by atoms with Gasteiger partial charge in [0.05, 0.1) is 4.92 Å². The van der Waals surface area contributed by atoms with Crippen LogP contribution in [0.15, 0.2) is 35.5 Å². The highest BCUT2D eigenvalue weighted by molar-refractivity contribution is 7.98. The molecule has 0 saturated heterocycles. The Bertz CT molecular complexity index is 634. The number of nitrogens with zero attached hydrogens (tertiary/aromatic N) is 3. The van der Waals surface area contributed by atoms with Crippen molar-refractivity contribution in [3.63, 3.8) is 0 Å². The number of rotatable bonds is 5. The van der Waals surface area contributed by atoms with E-state index in [4.69, 9.17) is 0 Å². The number of benzene rings is 1. The zero-order valence-corrected chi connectivity index (χ0v) is 12.0. The Morgan fingerprint density at radius 2 is 2.25 bits per heavy atom. The number of nitro groups is 1. The summed E-state index contributed by atoms with van der Waals surface area (Å²) in [6.45, 7) is 2.01. The lowest BCUT2D eigenvalue weighted by Gasteiger charge is -2.05. The highest BCUT2D eigenvalue weighted by Crippen LogP contribution is 2.29. The van der Waals surface area contributed by atoms with Crippen LogP contribution < -0.4 is 5.32 Å². The van der Waals surface area contributed by atoms with Crippen LogP contribution in [0.3, 0.4) is 0 Å². The lowest BCUT2D eigenvalue weighted by Crippen LogP contribution is -2.01. The average Bonchev–Trinajstić information content (AvgIpc) is 2.44. The monoisotopic (exact) mass is 290 g/mol. The molecule has 104 valence electrons. The number of aromatic nitrogens is 2. The van der Waals surface area contributed by atoms with E-state index >= 15 is 0 Å². The summed E-state index contributed by atoms with van der Waals surface area (Å²) in [6.07, 6.45) is 1.23. The normalized spacial score (nSPS) is 10.3. The first kappa shape index (κ1) is 14.3. The van der Waals surface area contributed by atoms with Gasteiger partial charge in [-0.1, -0.05) is 41.6 Å². The first-order valence-electron chi connectivity index (χ1n) is 5.97. The Hall–Kier alpha value is -2.15. The van der Waals surface area contributed by atoms with Crippen molar-refractivity contribution in [3.8, 4) is 0 Å². The fourth-order valence-electron chi connectivity index (χ4n) is 1.67. The third-order valence-electron chi connectivity index (χ3n) is 2.61. The number of nitrogens with one attached hydrogen (secondary N) is 1. The molecule has 7 heteroatoms. The molecule has 20 heavy (non-hydrogen) atoms. The molecule has 2 aromatic rings. The molecule has 1 aromatic heterocycles. The van der Waals surface area contributed by atoms with Gasteiger partial charge < -0.3 is 5.32 Å². The van der Waals surface area contributed by atoms with Gasteiger partial charge in [0.25, 0.3) is 0 Å². The number of aryl methyl sites for hydroxylation is 1. The van der Waals surface area contributed by atoms with E-state index in [1.54, 1.807) is 7.05 Å². The van der Waals surface area contributed by atoms with Crippen LogP contribution in [-0.4, -0.2) is 21.9 Å². The van der Waals surface area contributed by atoms with Crippen LogP contribution in [0.25, 0.3) is 0 Å². The fourth-order valence-corrected chi connectivity index (χ4v) is 2.57. The maximum atomic E-state index is 11.0. The van der Waals surface area contributed by atoms with Gasteiger partial charge in [0, 0.05) is 12.8 Å². The summed E-state index contributed by atoms with van der Waals surface area (Å²) in [5, 5.41) is 14.1. The van der Waals surface area contributed by atoms with Crippen molar-refractivity contribution < 1.29 is 4.92 Å². The summed E-state index contributed by atoms with van der Waals surface area (Å²) < 4.78 is 0. The number of anilines is 1. The van der Waals surface area contributed by atoms with E-state index in [9.17, 15) is 10.1 Å². The molecule has 0 bridgehead atoms. The first-order chi connectivity index (χ1) is 9.60. The van der Waals surface area contributed by atoms with Crippen LogP contribution >= 0.6 is 11.8 Å². The van der Waals surface area contributed by atoms with Crippen LogP contribution in [0, 0.1) is 17.0 Å². The summed E-state index contributed by atoms with van der Waals surface area (Å²) in [6, 6.07) is 8.03. The van der Waals surface area contributed by atoms with E-state index in [0.29, 0.717) is 16.7 Å². The molecule has 1 heterocycles. The summed E-state index contributed by atoms with van der Waals surface area (Å²) in [5.74, 6) is 1.00. The SMILES string of the molecule is CNc1ncc([N+](=O)[O-])c(SCc2cccc(C)c2)n1. The third kappa shape index (κ3) is 3.45. The second-order valence-corrected chi connectivity index (χ2v) is 5.13. The van der Waals surface area contributed by atoms with E-state index in [-0.39, 0.29) is 5.69 Å². The van der Waals surface area contributed by atoms with E-state index < -0.39 is 4.92 Å². The van der Waals surface area contributed by atoms with Crippen molar-refractivity contribution >= 4 is 23.4 Å². The van der Waals surface area contributed by atoms with Crippen molar-refractivity contribution in [2.45, 2.75) is 17.7 Å². The third-order valence-corrected chi connectivity index (χ3v) is 3.67. The van der Waals surface area contributed by atoms with Gasteiger partial charge in [-0.2, -0.15) is 4.98 Å². The Morgan fingerprint density at radius 1 is 1.45 bits per heavy atom. The van der Waals surface area contributed by atoms with Gasteiger partial charge in [-0.25, -0.2) is 4.98 Å². The van der Waals surface area contributed by atoms with Crippen LogP contribution in [0.5, 0.6) is 0 Å². The minimum Gasteiger partial charge on any atom is -0.357 e. The first-order valence-corrected chi connectivity index (χ1v) is 6.96. The van der Waals surface area contributed by atoms with Crippen molar-refractivity contribution in [2.24, 2.45) is 0 Å². The molecule has 0 aliphatic carbocycles. The maximum absolute atomic E-state index is 11.0. The lowest BCUT2D eigenvalue weighted by molar-refractivity contribution is -0.388. The fraction of sp³-hybridized carbons (Fsp3) is 0.231. The second-order valence-electron chi connectivity index (χ2n) is 4.17. The Balaban J connectivity index is 2.21. The zero-order valence-electron chi connectivity index (χ0n) is 11.2. The molecule has 2 rings (SSSR count). The molecule has 0 saturated carbocycles. The highest BCUT2D eigenvalue weighted by Gasteiger charge is 2.17. The molecular formula is C13H14N4O2S. The average molecular weight is 290 g/mol. The molecule has 0 fully saturated rings. The van der Waals surface area contributed by atoms with E-state index in [2.05, 4.69) is 21.4 Å². The van der Waals surface area contributed by atoms with Crippen LogP contribution in [0.4, 0.5) is 11.6 Å². The summed E-state index contributed by atoms with van der Waals surface area (Å²) in [5.41, 5.74) is 2.20. The van der Waals surface area contributed by atoms with Gasteiger partial charge >= 0.3 is 5.69 Å². The zero-order chi connectivity index (χ0) is 14.5. The van der Waals surface area contributed by atoms with Crippen molar-refractivity contribution in [1.29, 1.82) is 0 Å².